The third-order valence-corrected chi connectivity index (χ3v) is 4.85. The zero-order chi connectivity index (χ0) is 13.6. The van der Waals surface area contributed by atoms with Gasteiger partial charge in [-0.2, -0.15) is 0 Å². The highest BCUT2D eigenvalue weighted by molar-refractivity contribution is 5.30. The molecule has 2 aliphatic rings. The number of phenolic OH excluding ortho intramolecular Hbond substituents is 1. The number of aromatic hydroxyl groups is 1. The van der Waals surface area contributed by atoms with Crippen LogP contribution in [0.15, 0.2) is 35.9 Å². The maximum atomic E-state index is 9.43. The zero-order valence-electron chi connectivity index (χ0n) is 11.9. The van der Waals surface area contributed by atoms with Crippen molar-refractivity contribution >= 4 is 0 Å². The van der Waals surface area contributed by atoms with Crippen molar-refractivity contribution in [3.05, 3.63) is 41.5 Å². The van der Waals surface area contributed by atoms with Crippen LogP contribution in [-0.2, 0) is 4.74 Å². The normalized spacial score (nSPS) is 32.8. The summed E-state index contributed by atoms with van der Waals surface area (Å²) in [5.41, 5.74) is 2.55. The van der Waals surface area contributed by atoms with E-state index in [2.05, 4.69) is 26.8 Å². The molecule has 2 nitrogen and oxygen atoms in total. The standard InChI is InChI=1S/C17H22O2/c1-11-4-7-13-10-15(11)16(19-17(13,2)3)12-5-8-14(18)9-6-12/h4-6,8-9,13,15-16,18H,7,10H2,1-3H3. The number of ether oxygens (including phenoxy) is 1. The summed E-state index contributed by atoms with van der Waals surface area (Å²) >= 11 is 0. The summed E-state index contributed by atoms with van der Waals surface area (Å²) < 4.78 is 6.41. The Balaban J connectivity index is 1.97. The first-order valence-electron chi connectivity index (χ1n) is 7.11. The summed E-state index contributed by atoms with van der Waals surface area (Å²) in [6, 6.07) is 7.47. The van der Waals surface area contributed by atoms with E-state index in [0.29, 0.717) is 17.6 Å². The topological polar surface area (TPSA) is 29.5 Å². The van der Waals surface area contributed by atoms with E-state index in [9.17, 15) is 5.11 Å². The molecular weight excluding hydrogens is 236 g/mol. The van der Waals surface area contributed by atoms with Crippen LogP contribution < -0.4 is 0 Å². The van der Waals surface area contributed by atoms with Gasteiger partial charge in [-0.05, 0) is 57.2 Å². The number of phenols is 1. The minimum Gasteiger partial charge on any atom is -0.508 e. The predicted molar refractivity (Wildman–Crippen MR) is 76.0 cm³/mol. The second kappa shape index (κ2) is 4.38. The van der Waals surface area contributed by atoms with Gasteiger partial charge in [0.05, 0.1) is 11.7 Å². The van der Waals surface area contributed by atoms with E-state index in [1.54, 1.807) is 12.1 Å². The lowest BCUT2D eigenvalue weighted by Gasteiger charge is -2.49. The molecule has 1 aromatic carbocycles. The number of benzene rings is 1. The molecular formula is C17H22O2. The van der Waals surface area contributed by atoms with Gasteiger partial charge in [0.2, 0.25) is 0 Å². The van der Waals surface area contributed by atoms with Crippen molar-refractivity contribution in [2.24, 2.45) is 11.8 Å². The fraction of sp³-hybridized carbons (Fsp3) is 0.529. The molecule has 3 unspecified atom stereocenters. The Labute approximate surface area is 115 Å². The Morgan fingerprint density at radius 1 is 1.21 bits per heavy atom. The van der Waals surface area contributed by atoms with Crippen LogP contribution in [0.2, 0.25) is 0 Å². The van der Waals surface area contributed by atoms with Gasteiger partial charge in [0.1, 0.15) is 5.75 Å². The van der Waals surface area contributed by atoms with E-state index in [-0.39, 0.29) is 11.7 Å². The quantitative estimate of drug-likeness (QED) is 0.764. The van der Waals surface area contributed by atoms with E-state index >= 15 is 0 Å². The number of hydrogen-bond acceptors (Lipinski definition) is 2. The van der Waals surface area contributed by atoms with Crippen LogP contribution >= 0.6 is 0 Å². The minimum absolute atomic E-state index is 0.0732. The molecule has 1 heterocycles. The third kappa shape index (κ3) is 2.18. The summed E-state index contributed by atoms with van der Waals surface area (Å²) in [6.07, 6.45) is 4.85. The molecule has 1 fully saturated rings. The van der Waals surface area contributed by atoms with Crippen molar-refractivity contribution in [2.45, 2.75) is 45.3 Å². The largest absolute Gasteiger partial charge is 0.508 e. The van der Waals surface area contributed by atoms with E-state index in [4.69, 9.17) is 4.74 Å². The summed E-state index contributed by atoms with van der Waals surface area (Å²) in [5.74, 6) is 1.42. The summed E-state index contributed by atoms with van der Waals surface area (Å²) in [5, 5.41) is 9.43. The smallest absolute Gasteiger partial charge is 0.115 e. The van der Waals surface area contributed by atoms with Crippen molar-refractivity contribution in [2.75, 3.05) is 0 Å². The first-order valence-corrected chi connectivity index (χ1v) is 7.11. The Morgan fingerprint density at radius 2 is 1.89 bits per heavy atom. The average Bonchev–Trinajstić information content (AvgIpc) is 2.37. The van der Waals surface area contributed by atoms with Crippen molar-refractivity contribution < 1.29 is 9.84 Å². The highest BCUT2D eigenvalue weighted by Gasteiger charge is 2.45. The number of hydrogen-bond donors (Lipinski definition) is 1. The summed E-state index contributed by atoms with van der Waals surface area (Å²) in [6.45, 7) is 6.63. The molecule has 2 bridgehead atoms. The van der Waals surface area contributed by atoms with Crippen LogP contribution in [0.1, 0.15) is 45.3 Å². The number of allylic oxidation sites excluding steroid dienone is 1. The molecule has 102 valence electrons. The first-order chi connectivity index (χ1) is 8.97. The van der Waals surface area contributed by atoms with Crippen molar-refractivity contribution in [1.29, 1.82) is 0 Å². The van der Waals surface area contributed by atoms with Gasteiger partial charge in [-0.3, -0.25) is 0 Å². The van der Waals surface area contributed by atoms with Crippen LogP contribution in [0.4, 0.5) is 0 Å². The Hall–Kier alpha value is -1.28. The van der Waals surface area contributed by atoms with Gasteiger partial charge in [0.25, 0.3) is 0 Å². The first kappa shape index (κ1) is 12.7. The minimum atomic E-state index is -0.0732. The van der Waals surface area contributed by atoms with Gasteiger partial charge >= 0.3 is 0 Å². The molecule has 0 saturated carbocycles. The molecule has 0 amide bonds. The molecule has 0 radical (unpaired) electrons. The molecule has 3 rings (SSSR count). The van der Waals surface area contributed by atoms with Crippen LogP contribution in [-0.4, -0.2) is 10.7 Å². The van der Waals surface area contributed by atoms with Gasteiger partial charge in [0.15, 0.2) is 0 Å². The lowest BCUT2D eigenvalue weighted by molar-refractivity contribution is -0.166. The lowest BCUT2D eigenvalue weighted by Crippen LogP contribution is -2.45. The molecule has 1 aliphatic heterocycles. The van der Waals surface area contributed by atoms with Gasteiger partial charge < -0.3 is 9.84 Å². The third-order valence-electron chi connectivity index (χ3n) is 4.85. The van der Waals surface area contributed by atoms with Crippen molar-refractivity contribution in [1.82, 2.24) is 0 Å². The maximum absolute atomic E-state index is 9.43. The second-order valence-electron chi connectivity index (χ2n) is 6.46. The highest BCUT2D eigenvalue weighted by atomic mass is 16.5. The van der Waals surface area contributed by atoms with E-state index in [0.717, 1.165) is 6.42 Å². The Bertz CT molecular complexity index is 498. The predicted octanol–water partition coefficient (Wildman–Crippen LogP) is 4.21. The lowest BCUT2D eigenvalue weighted by atomic mass is 9.69. The zero-order valence-corrected chi connectivity index (χ0v) is 11.9. The molecule has 1 aromatic rings. The van der Waals surface area contributed by atoms with Crippen LogP contribution in [0.5, 0.6) is 5.75 Å². The molecule has 0 aromatic heterocycles. The molecule has 2 heteroatoms. The Kier molecular flexibility index (Phi) is 2.94. The monoisotopic (exact) mass is 258 g/mol. The number of rotatable bonds is 1. The van der Waals surface area contributed by atoms with Crippen LogP contribution in [0, 0.1) is 11.8 Å². The molecule has 1 N–H and O–H groups in total. The van der Waals surface area contributed by atoms with E-state index < -0.39 is 0 Å². The molecule has 3 atom stereocenters. The molecule has 1 saturated heterocycles. The van der Waals surface area contributed by atoms with Gasteiger partial charge in [-0.1, -0.05) is 23.8 Å². The van der Waals surface area contributed by atoms with Gasteiger partial charge in [-0.25, -0.2) is 0 Å². The van der Waals surface area contributed by atoms with Gasteiger partial charge in [-0.15, -0.1) is 0 Å². The van der Waals surface area contributed by atoms with Crippen LogP contribution in [0.3, 0.4) is 0 Å². The highest BCUT2D eigenvalue weighted by Crippen LogP contribution is 2.50. The number of fused-ring (bicyclic) bond motifs is 2. The fourth-order valence-electron chi connectivity index (χ4n) is 3.47. The van der Waals surface area contributed by atoms with Gasteiger partial charge in [0, 0.05) is 5.92 Å². The molecule has 19 heavy (non-hydrogen) atoms. The fourth-order valence-corrected chi connectivity index (χ4v) is 3.47. The second-order valence-corrected chi connectivity index (χ2v) is 6.46. The Morgan fingerprint density at radius 3 is 2.58 bits per heavy atom. The average molecular weight is 258 g/mol. The summed E-state index contributed by atoms with van der Waals surface area (Å²) in [4.78, 5) is 0. The van der Waals surface area contributed by atoms with Crippen molar-refractivity contribution in [3.8, 4) is 5.75 Å². The van der Waals surface area contributed by atoms with Crippen LogP contribution in [0.25, 0.3) is 0 Å². The maximum Gasteiger partial charge on any atom is 0.115 e. The SMILES string of the molecule is CC1=CCC2CC1C(c1ccc(O)cc1)OC2(C)C. The molecule has 0 spiro atoms. The molecule has 1 aliphatic carbocycles. The van der Waals surface area contributed by atoms with Crippen molar-refractivity contribution in [3.63, 3.8) is 0 Å². The summed E-state index contributed by atoms with van der Waals surface area (Å²) in [7, 11) is 0. The van der Waals surface area contributed by atoms with E-state index in [1.807, 2.05) is 12.1 Å². The van der Waals surface area contributed by atoms with E-state index in [1.165, 1.54) is 17.6 Å².